The lowest BCUT2D eigenvalue weighted by molar-refractivity contribution is -0.143. The molecule has 0 aromatic rings. The molecular formula is C30H60O3. The Bertz CT molecular complexity index is 383. The minimum absolute atomic E-state index is 0.0191. The highest BCUT2D eigenvalue weighted by Gasteiger charge is 2.05. The highest BCUT2D eigenvalue weighted by atomic mass is 16.5. The first-order valence-corrected chi connectivity index (χ1v) is 15.0. The molecule has 0 saturated carbocycles. The van der Waals surface area contributed by atoms with Gasteiger partial charge in [0.2, 0.25) is 0 Å². The average molecular weight is 469 g/mol. The molecule has 1 atom stereocenters. The van der Waals surface area contributed by atoms with Gasteiger partial charge in [0.05, 0.1) is 12.7 Å². The molecule has 3 nitrogen and oxygen atoms in total. The number of ether oxygens (including phenoxy) is 1. The van der Waals surface area contributed by atoms with Gasteiger partial charge in [-0.25, -0.2) is 0 Å². The first kappa shape index (κ1) is 32.4. The number of esters is 1. The van der Waals surface area contributed by atoms with Gasteiger partial charge in [0.15, 0.2) is 0 Å². The van der Waals surface area contributed by atoms with Crippen molar-refractivity contribution in [2.75, 3.05) is 6.61 Å². The predicted molar refractivity (Wildman–Crippen MR) is 144 cm³/mol. The molecule has 0 aromatic heterocycles. The van der Waals surface area contributed by atoms with Gasteiger partial charge in [-0.1, -0.05) is 142 Å². The third kappa shape index (κ3) is 27.6. The van der Waals surface area contributed by atoms with Crippen molar-refractivity contribution in [3.05, 3.63) is 0 Å². The van der Waals surface area contributed by atoms with Gasteiger partial charge in [-0.05, 0) is 25.7 Å². The number of carbonyl (C=O) groups is 1. The van der Waals surface area contributed by atoms with Crippen molar-refractivity contribution in [3.8, 4) is 0 Å². The summed E-state index contributed by atoms with van der Waals surface area (Å²) in [4.78, 5) is 11.8. The van der Waals surface area contributed by atoms with Gasteiger partial charge in [0, 0.05) is 6.42 Å². The molecule has 1 N–H and O–H groups in total. The number of unbranched alkanes of at least 4 members (excludes halogenated alkanes) is 19. The molecule has 0 rings (SSSR count). The van der Waals surface area contributed by atoms with Crippen LogP contribution in [0.5, 0.6) is 0 Å². The highest BCUT2D eigenvalue weighted by molar-refractivity contribution is 5.69. The van der Waals surface area contributed by atoms with Gasteiger partial charge >= 0.3 is 5.97 Å². The summed E-state index contributed by atoms with van der Waals surface area (Å²) in [6.45, 7) is 5.09. The van der Waals surface area contributed by atoms with E-state index >= 15 is 0 Å². The van der Waals surface area contributed by atoms with Crippen LogP contribution in [-0.2, 0) is 9.53 Å². The molecule has 0 heterocycles. The fraction of sp³-hybridized carbons (Fsp3) is 0.967. The quantitative estimate of drug-likeness (QED) is 0.0963. The van der Waals surface area contributed by atoms with Gasteiger partial charge < -0.3 is 9.84 Å². The topological polar surface area (TPSA) is 46.5 Å². The summed E-state index contributed by atoms with van der Waals surface area (Å²) in [5.41, 5.74) is 0. The molecule has 1 unspecified atom stereocenters. The molecule has 0 aliphatic carbocycles. The Balaban J connectivity index is 3.25. The molecule has 0 amide bonds. The van der Waals surface area contributed by atoms with Crippen molar-refractivity contribution in [1.82, 2.24) is 0 Å². The van der Waals surface area contributed by atoms with Gasteiger partial charge in [0.1, 0.15) is 0 Å². The zero-order valence-electron chi connectivity index (χ0n) is 22.7. The van der Waals surface area contributed by atoms with Crippen LogP contribution in [-0.4, -0.2) is 23.8 Å². The zero-order valence-corrected chi connectivity index (χ0v) is 22.7. The molecule has 0 aromatic carbocycles. The van der Waals surface area contributed by atoms with E-state index < -0.39 is 0 Å². The Morgan fingerprint density at radius 1 is 0.545 bits per heavy atom. The molecular weight excluding hydrogens is 408 g/mol. The van der Waals surface area contributed by atoms with Crippen molar-refractivity contribution in [3.63, 3.8) is 0 Å². The van der Waals surface area contributed by atoms with Gasteiger partial charge in [0.25, 0.3) is 0 Å². The fourth-order valence-electron chi connectivity index (χ4n) is 4.51. The maximum Gasteiger partial charge on any atom is 0.305 e. The average Bonchev–Trinajstić information content (AvgIpc) is 2.81. The predicted octanol–water partition coefficient (Wildman–Crippen LogP) is 9.68. The van der Waals surface area contributed by atoms with Crippen molar-refractivity contribution < 1.29 is 14.6 Å². The highest BCUT2D eigenvalue weighted by Crippen LogP contribution is 2.15. The third-order valence-electron chi connectivity index (χ3n) is 6.82. The van der Waals surface area contributed by atoms with Crippen LogP contribution in [0.4, 0.5) is 0 Å². The summed E-state index contributed by atoms with van der Waals surface area (Å²) in [6.07, 6.45) is 30.1. The monoisotopic (exact) mass is 468 g/mol. The second-order valence-corrected chi connectivity index (χ2v) is 10.3. The Morgan fingerprint density at radius 2 is 0.909 bits per heavy atom. The number of rotatable bonds is 27. The lowest BCUT2D eigenvalue weighted by Crippen LogP contribution is -2.07. The Hall–Kier alpha value is -0.570. The Labute approximate surface area is 207 Å². The summed E-state index contributed by atoms with van der Waals surface area (Å²) >= 11 is 0. The number of hydrogen-bond acceptors (Lipinski definition) is 3. The van der Waals surface area contributed by atoms with Crippen LogP contribution in [0, 0.1) is 0 Å². The van der Waals surface area contributed by atoms with E-state index in [2.05, 4.69) is 13.8 Å². The summed E-state index contributed by atoms with van der Waals surface area (Å²) in [6, 6.07) is 0. The van der Waals surface area contributed by atoms with Gasteiger partial charge in [-0.15, -0.1) is 0 Å². The first-order valence-electron chi connectivity index (χ1n) is 15.0. The zero-order chi connectivity index (χ0) is 24.2. The van der Waals surface area contributed by atoms with Crippen molar-refractivity contribution in [2.45, 2.75) is 180 Å². The molecule has 0 fully saturated rings. The normalized spacial score (nSPS) is 12.2. The van der Waals surface area contributed by atoms with Crippen molar-refractivity contribution in [1.29, 1.82) is 0 Å². The minimum atomic E-state index is -0.122. The molecule has 0 radical (unpaired) electrons. The SMILES string of the molecule is CCCCCCCCCCCC(=O)OCCCCCCC(O)CCCCCCCCCCC. The van der Waals surface area contributed by atoms with E-state index in [1.54, 1.807) is 0 Å². The van der Waals surface area contributed by atoms with E-state index in [-0.39, 0.29) is 12.1 Å². The third-order valence-corrected chi connectivity index (χ3v) is 6.82. The van der Waals surface area contributed by atoms with Crippen LogP contribution in [0.15, 0.2) is 0 Å². The molecule has 3 heteroatoms. The van der Waals surface area contributed by atoms with Crippen LogP contribution in [0.3, 0.4) is 0 Å². The van der Waals surface area contributed by atoms with Crippen LogP contribution in [0.25, 0.3) is 0 Å². The number of carbonyl (C=O) groups excluding carboxylic acids is 1. The van der Waals surface area contributed by atoms with E-state index in [1.165, 1.54) is 103 Å². The number of aliphatic hydroxyl groups is 1. The maximum absolute atomic E-state index is 11.8. The number of hydrogen-bond donors (Lipinski definition) is 1. The molecule has 0 saturated heterocycles. The summed E-state index contributed by atoms with van der Waals surface area (Å²) in [7, 11) is 0. The Kier molecular flexibility index (Phi) is 27.2. The van der Waals surface area contributed by atoms with Gasteiger partial charge in [-0.2, -0.15) is 0 Å². The lowest BCUT2D eigenvalue weighted by Gasteiger charge is -2.10. The largest absolute Gasteiger partial charge is 0.466 e. The van der Waals surface area contributed by atoms with E-state index in [0.717, 1.165) is 51.4 Å². The standard InChI is InChI=1S/C30H60O3/c1-3-5-7-9-11-13-15-17-21-25-29(31)26-22-19-20-24-28-33-30(32)27-23-18-16-14-12-10-8-6-4-2/h29,31H,3-28H2,1-2H3. The van der Waals surface area contributed by atoms with Crippen LogP contribution >= 0.6 is 0 Å². The van der Waals surface area contributed by atoms with Crippen LogP contribution in [0.2, 0.25) is 0 Å². The van der Waals surface area contributed by atoms with Gasteiger partial charge in [-0.3, -0.25) is 4.79 Å². The second kappa shape index (κ2) is 27.7. The smallest absolute Gasteiger partial charge is 0.305 e. The summed E-state index contributed by atoms with van der Waals surface area (Å²) < 4.78 is 5.37. The summed E-state index contributed by atoms with van der Waals surface area (Å²) in [5, 5.41) is 10.1. The Morgan fingerprint density at radius 3 is 1.36 bits per heavy atom. The number of aliphatic hydroxyl groups excluding tert-OH is 1. The molecule has 0 spiro atoms. The molecule has 0 aliphatic heterocycles. The summed E-state index contributed by atoms with van der Waals surface area (Å²) in [5.74, 6) is -0.0191. The molecule has 33 heavy (non-hydrogen) atoms. The van der Waals surface area contributed by atoms with E-state index in [4.69, 9.17) is 4.74 Å². The van der Waals surface area contributed by atoms with Crippen LogP contribution < -0.4 is 0 Å². The first-order chi connectivity index (χ1) is 16.2. The minimum Gasteiger partial charge on any atom is -0.466 e. The van der Waals surface area contributed by atoms with E-state index in [0.29, 0.717) is 13.0 Å². The maximum atomic E-state index is 11.8. The molecule has 198 valence electrons. The van der Waals surface area contributed by atoms with Crippen molar-refractivity contribution >= 4 is 5.97 Å². The van der Waals surface area contributed by atoms with E-state index in [1.807, 2.05) is 0 Å². The van der Waals surface area contributed by atoms with E-state index in [9.17, 15) is 9.90 Å². The van der Waals surface area contributed by atoms with Crippen molar-refractivity contribution in [2.24, 2.45) is 0 Å². The van der Waals surface area contributed by atoms with Crippen LogP contribution in [0.1, 0.15) is 174 Å². The second-order valence-electron chi connectivity index (χ2n) is 10.3. The fourth-order valence-corrected chi connectivity index (χ4v) is 4.51. The molecule has 0 aliphatic rings. The molecule has 0 bridgehead atoms. The lowest BCUT2D eigenvalue weighted by atomic mass is 10.0.